The van der Waals surface area contributed by atoms with Crippen molar-refractivity contribution in [3.8, 4) is 5.88 Å². The highest BCUT2D eigenvalue weighted by Gasteiger charge is 2.20. The first kappa shape index (κ1) is 12.1. The van der Waals surface area contributed by atoms with Gasteiger partial charge in [-0.2, -0.15) is 4.98 Å². The van der Waals surface area contributed by atoms with Gasteiger partial charge >= 0.3 is 0 Å². The van der Waals surface area contributed by atoms with Gasteiger partial charge < -0.3 is 10.1 Å². The van der Waals surface area contributed by atoms with Crippen LogP contribution in [0.1, 0.15) is 38.2 Å². The number of aryl methyl sites for hydroxylation is 1. The molecular formula is C13H21N3O. The average molecular weight is 235 g/mol. The number of rotatable bonds is 7. The van der Waals surface area contributed by atoms with E-state index in [4.69, 9.17) is 4.74 Å². The van der Waals surface area contributed by atoms with Crippen molar-refractivity contribution in [1.29, 1.82) is 0 Å². The van der Waals surface area contributed by atoms with Gasteiger partial charge in [-0.15, -0.1) is 0 Å². The standard InChI is InChI=1S/C13H21N3O/c1-3-7-14-13-15-9-10(2)12(16-13)17-8-6-11-4-5-11/h9,11H,3-8H2,1-2H3,(H,14,15,16). The lowest BCUT2D eigenvalue weighted by atomic mass is 10.3. The second-order valence-corrected chi connectivity index (χ2v) is 4.69. The summed E-state index contributed by atoms with van der Waals surface area (Å²) in [6, 6.07) is 0. The molecule has 17 heavy (non-hydrogen) atoms. The summed E-state index contributed by atoms with van der Waals surface area (Å²) in [7, 11) is 0. The van der Waals surface area contributed by atoms with Gasteiger partial charge in [-0.3, -0.25) is 0 Å². The average Bonchev–Trinajstić information content (AvgIpc) is 3.14. The Balaban J connectivity index is 1.88. The molecule has 4 nitrogen and oxygen atoms in total. The molecule has 1 aromatic rings. The van der Waals surface area contributed by atoms with E-state index in [-0.39, 0.29) is 0 Å². The molecule has 1 aromatic heterocycles. The monoisotopic (exact) mass is 235 g/mol. The maximum Gasteiger partial charge on any atom is 0.225 e. The smallest absolute Gasteiger partial charge is 0.225 e. The van der Waals surface area contributed by atoms with Gasteiger partial charge in [0, 0.05) is 18.3 Å². The molecular weight excluding hydrogens is 214 g/mol. The van der Waals surface area contributed by atoms with Crippen LogP contribution in [-0.4, -0.2) is 23.1 Å². The van der Waals surface area contributed by atoms with Crippen LogP contribution in [0.2, 0.25) is 0 Å². The number of nitrogens with zero attached hydrogens (tertiary/aromatic N) is 2. The molecule has 1 saturated carbocycles. The Morgan fingerprint density at radius 1 is 1.47 bits per heavy atom. The fraction of sp³-hybridized carbons (Fsp3) is 0.692. The largest absolute Gasteiger partial charge is 0.477 e. The second kappa shape index (κ2) is 5.84. The zero-order valence-electron chi connectivity index (χ0n) is 10.7. The third kappa shape index (κ3) is 3.88. The Morgan fingerprint density at radius 2 is 2.29 bits per heavy atom. The third-order valence-corrected chi connectivity index (χ3v) is 2.92. The van der Waals surface area contributed by atoms with Crippen molar-refractivity contribution in [2.24, 2.45) is 5.92 Å². The summed E-state index contributed by atoms with van der Waals surface area (Å²) in [4.78, 5) is 8.61. The molecule has 1 aliphatic rings. The molecule has 0 saturated heterocycles. The molecule has 94 valence electrons. The number of hydrogen-bond acceptors (Lipinski definition) is 4. The topological polar surface area (TPSA) is 47.0 Å². The highest BCUT2D eigenvalue weighted by Crippen LogP contribution is 2.32. The second-order valence-electron chi connectivity index (χ2n) is 4.69. The van der Waals surface area contributed by atoms with E-state index < -0.39 is 0 Å². The van der Waals surface area contributed by atoms with Crippen molar-refractivity contribution in [2.75, 3.05) is 18.5 Å². The minimum absolute atomic E-state index is 0.666. The number of anilines is 1. The number of ether oxygens (including phenoxy) is 1. The quantitative estimate of drug-likeness (QED) is 0.789. The fourth-order valence-electron chi connectivity index (χ4n) is 1.62. The molecule has 2 rings (SSSR count). The molecule has 0 atom stereocenters. The molecule has 4 heteroatoms. The third-order valence-electron chi connectivity index (χ3n) is 2.92. The summed E-state index contributed by atoms with van der Waals surface area (Å²) in [5.41, 5.74) is 1.00. The number of aromatic nitrogens is 2. The van der Waals surface area contributed by atoms with Gasteiger partial charge in [-0.1, -0.05) is 19.8 Å². The summed E-state index contributed by atoms with van der Waals surface area (Å²) in [5, 5.41) is 3.17. The Kier molecular flexibility index (Phi) is 4.18. The molecule has 1 fully saturated rings. The van der Waals surface area contributed by atoms with E-state index in [2.05, 4.69) is 22.2 Å². The molecule has 0 unspecified atom stereocenters. The first-order chi connectivity index (χ1) is 8.29. The maximum absolute atomic E-state index is 5.72. The van der Waals surface area contributed by atoms with Gasteiger partial charge in [-0.05, 0) is 25.7 Å². The van der Waals surface area contributed by atoms with E-state index in [1.54, 1.807) is 0 Å². The summed E-state index contributed by atoms with van der Waals surface area (Å²) < 4.78 is 5.72. The van der Waals surface area contributed by atoms with Crippen molar-refractivity contribution >= 4 is 5.95 Å². The first-order valence-corrected chi connectivity index (χ1v) is 6.50. The molecule has 0 aliphatic heterocycles. The zero-order valence-corrected chi connectivity index (χ0v) is 10.7. The summed E-state index contributed by atoms with van der Waals surface area (Å²) in [6.45, 7) is 5.77. The highest BCUT2D eigenvalue weighted by atomic mass is 16.5. The van der Waals surface area contributed by atoms with Crippen molar-refractivity contribution < 1.29 is 4.74 Å². The Hall–Kier alpha value is -1.32. The van der Waals surface area contributed by atoms with Crippen molar-refractivity contribution in [2.45, 2.75) is 39.5 Å². The van der Waals surface area contributed by atoms with Crippen LogP contribution < -0.4 is 10.1 Å². The van der Waals surface area contributed by atoms with Crippen LogP contribution in [0.4, 0.5) is 5.95 Å². The van der Waals surface area contributed by atoms with Crippen molar-refractivity contribution in [1.82, 2.24) is 9.97 Å². The van der Waals surface area contributed by atoms with E-state index in [0.29, 0.717) is 5.95 Å². The SMILES string of the molecule is CCCNc1ncc(C)c(OCCC2CC2)n1. The van der Waals surface area contributed by atoms with E-state index in [1.165, 1.54) is 12.8 Å². The fourth-order valence-corrected chi connectivity index (χ4v) is 1.62. The van der Waals surface area contributed by atoms with Gasteiger partial charge in [0.25, 0.3) is 0 Å². The lowest BCUT2D eigenvalue weighted by Crippen LogP contribution is -2.07. The number of nitrogens with one attached hydrogen (secondary N) is 1. The van der Waals surface area contributed by atoms with E-state index in [9.17, 15) is 0 Å². The lowest BCUT2D eigenvalue weighted by Gasteiger charge is -2.09. The van der Waals surface area contributed by atoms with Crippen LogP contribution >= 0.6 is 0 Å². The molecule has 0 amide bonds. The van der Waals surface area contributed by atoms with Gasteiger partial charge in [0.05, 0.1) is 6.61 Å². The molecule has 0 radical (unpaired) electrons. The van der Waals surface area contributed by atoms with E-state index >= 15 is 0 Å². The van der Waals surface area contributed by atoms with Crippen molar-refractivity contribution in [3.05, 3.63) is 11.8 Å². The molecule has 1 aliphatic carbocycles. The lowest BCUT2D eigenvalue weighted by molar-refractivity contribution is 0.289. The molecule has 0 bridgehead atoms. The van der Waals surface area contributed by atoms with Crippen LogP contribution in [-0.2, 0) is 0 Å². The van der Waals surface area contributed by atoms with Gasteiger partial charge in [-0.25, -0.2) is 4.98 Å². The zero-order chi connectivity index (χ0) is 12.1. The normalized spacial score (nSPS) is 14.7. The Morgan fingerprint density at radius 3 is 3.00 bits per heavy atom. The predicted molar refractivity (Wildman–Crippen MR) is 68.4 cm³/mol. The minimum atomic E-state index is 0.666. The van der Waals surface area contributed by atoms with Crippen LogP contribution in [0.3, 0.4) is 0 Å². The van der Waals surface area contributed by atoms with Gasteiger partial charge in [0.15, 0.2) is 0 Å². The molecule has 0 aromatic carbocycles. The molecule has 0 spiro atoms. The van der Waals surface area contributed by atoms with Crippen LogP contribution in [0, 0.1) is 12.8 Å². The van der Waals surface area contributed by atoms with Crippen LogP contribution in [0.5, 0.6) is 5.88 Å². The highest BCUT2D eigenvalue weighted by molar-refractivity contribution is 5.32. The maximum atomic E-state index is 5.72. The van der Waals surface area contributed by atoms with Crippen LogP contribution in [0.25, 0.3) is 0 Å². The minimum Gasteiger partial charge on any atom is -0.477 e. The summed E-state index contributed by atoms with van der Waals surface area (Å²) >= 11 is 0. The predicted octanol–water partition coefficient (Wildman–Crippen LogP) is 2.79. The van der Waals surface area contributed by atoms with Crippen molar-refractivity contribution in [3.63, 3.8) is 0 Å². The number of hydrogen-bond donors (Lipinski definition) is 1. The molecule has 1 heterocycles. The molecule has 1 N–H and O–H groups in total. The van der Waals surface area contributed by atoms with Crippen LogP contribution in [0.15, 0.2) is 6.20 Å². The summed E-state index contributed by atoms with van der Waals surface area (Å²) in [5.74, 6) is 2.29. The van der Waals surface area contributed by atoms with E-state index in [1.807, 2.05) is 13.1 Å². The van der Waals surface area contributed by atoms with Gasteiger partial charge in [0.1, 0.15) is 0 Å². The Labute approximate surface area is 103 Å². The van der Waals surface area contributed by atoms with Gasteiger partial charge in [0.2, 0.25) is 11.8 Å². The van der Waals surface area contributed by atoms with E-state index in [0.717, 1.165) is 43.4 Å². The summed E-state index contributed by atoms with van der Waals surface area (Å²) in [6.07, 6.45) is 6.78. The Bertz CT molecular complexity index is 364. The first-order valence-electron chi connectivity index (χ1n) is 6.50.